The summed E-state index contributed by atoms with van der Waals surface area (Å²) in [6.45, 7) is 5.57. The van der Waals surface area contributed by atoms with Crippen molar-refractivity contribution in [2.75, 3.05) is 0 Å². The number of ketones is 1. The maximum Gasteiger partial charge on any atom is 0.267 e. The quantitative estimate of drug-likeness (QED) is 0.694. The van der Waals surface area contributed by atoms with Crippen molar-refractivity contribution in [2.45, 2.75) is 58.5 Å². The first-order valence-corrected chi connectivity index (χ1v) is 6.71. The van der Waals surface area contributed by atoms with Crippen LogP contribution in [0.1, 0.15) is 46.5 Å². The minimum atomic E-state index is -0.446. The molecule has 1 aliphatic carbocycles. The zero-order valence-electron chi connectivity index (χ0n) is 11.4. The van der Waals surface area contributed by atoms with E-state index in [0.29, 0.717) is 5.70 Å². The van der Waals surface area contributed by atoms with Gasteiger partial charge in [-0.25, -0.2) is 0 Å². The zero-order valence-corrected chi connectivity index (χ0v) is 11.4. The molecular weight excluding hydrogens is 228 g/mol. The lowest BCUT2D eigenvalue weighted by Gasteiger charge is -2.38. The number of piperazine rings is 1. The first kappa shape index (κ1) is 13.1. The average molecular weight is 250 g/mol. The van der Waals surface area contributed by atoms with E-state index in [1.54, 1.807) is 0 Å². The van der Waals surface area contributed by atoms with E-state index in [1.807, 2.05) is 20.8 Å². The molecule has 2 fully saturated rings. The molecule has 0 aromatic rings. The number of carbonyl (C=O) groups is 2. The summed E-state index contributed by atoms with van der Waals surface area (Å²) in [5.41, 5.74) is -0.0173. The van der Waals surface area contributed by atoms with Gasteiger partial charge in [-0.05, 0) is 12.8 Å². The lowest BCUT2D eigenvalue weighted by atomic mass is 9.87. The molecule has 0 aromatic carbocycles. The van der Waals surface area contributed by atoms with Gasteiger partial charge in [0, 0.05) is 23.6 Å². The highest BCUT2D eigenvalue weighted by Crippen LogP contribution is 2.23. The molecule has 1 amide bonds. The Labute approximate surface area is 108 Å². The van der Waals surface area contributed by atoms with Gasteiger partial charge in [-0.15, -0.1) is 0 Å². The molecule has 18 heavy (non-hydrogen) atoms. The number of carbonyl (C=O) groups excluding carboxylic acids is 2. The molecule has 2 rings (SSSR count). The van der Waals surface area contributed by atoms with Crippen molar-refractivity contribution >= 4 is 11.7 Å². The van der Waals surface area contributed by atoms with Gasteiger partial charge in [-0.1, -0.05) is 33.6 Å². The van der Waals surface area contributed by atoms with Gasteiger partial charge in [0.1, 0.15) is 5.70 Å². The van der Waals surface area contributed by atoms with Crippen LogP contribution in [0.5, 0.6) is 0 Å². The highest BCUT2D eigenvalue weighted by atomic mass is 16.2. The van der Waals surface area contributed by atoms with Crippen LogP contribution in [0, 0.1) is 5.41 Å². The normalized spacial score (nSPS) is 30.4. The van der Waals surface area contributed by atoms with Gasteiger partial charge in [-0.2, -0.15) is 0 Å². The molecule has 0 unspecified atom stereocenters. The van der Waals surface area contributed by atoms with Crippen molar-refractivity contribution in [3.63, 3.8) is 0 Å². The van der Waals surface area contributed by atoms with Crippen LogP contribution in [0.2, 0.25) is 0 Å². The van der Waals surface area contributed by atoms with Crippen LogP contribution in [0.25, 0.3) is 0 Å². The maximum absolute atomic E-state index is 11.9. The Morgan fingerprint density at radius 1 is 1.17 bits per heavy atom. The summed E-state index contributed by atoms with van der Waals surface area (Å²) in [5, 5.41) is 6.24. The summed E-state index contributed by atoms with van der Waals surface area (Å²) in [5.74, 6) is -0.162. The second-order valence-electron chi connectivity index (χ2n) is 6.29. The Hall–Kier alpha value is -1.32. The lowest BCUT2D eigenvalue weighted by molar-refractivity contribution is -0.123. The van der Waals surface area contributed by atoms with Crippen LogP contribution in [-0.4, -0.2) is 23.8 Å². The molecule has 0 radical (unpaired) electrons. The van der Waals surface area contributed by atoms with Crippen LogP contribution in [0.4, 0.5) is 0 Å². The predicted octanol–water partition coefficient (Wildman–Crippen LogP) is 1.52. The molecule has 4 nitrogen and oxygen atoms in total. The molecule has 0 spiro atoms. The monoisotopic (exact) mass is 250 g/mol. The van der Waals surface area contributed by atoms with E-state index < -0.39 is 5.41 Å². The van der Waals surface area contributed by atoms with Crippen LogP contribution >= 0.6 is 0 Å². The van der Waals surface area contributed by atoms with E-state index in [1.165, 1.54) is 18.9 Å². The standard InChI is InChI=1S/C14H22N2O2/c1-14(2,3)12(17)8-11-13(18)16-10-7-5-4-6-9(10)15-11/h8-10,15H,4-7H2,1-3H3,(H,16,18)/b11-8+/t9-,10+/m1/s1. The number of allylic oxidation sites excluding steroid dienone is 1. The summed E-state index contributed by atoms with van der Waals surface area (Å²) in [6, 6.07) is 0.517. The molecular formula is C14H22N2O2. The largest absolute Gasteiger partial charge is 0.376 e. The van der Waals surface area contributed by atoms with E-state index in [9.17, 15) is 9.59 Å². The molecule has 2 aliphatic rings. The van der Waals surface area contributed by atoms with E-state index in [4.69, 9.17) is 0 Å². The number of nitrogens with one attached hydrogen (secondary N) is 2. The molecule has 2 N–H and O–H groups in total. The molecule has 1 heterocycles. The Kier molecular flexibility index (Phi) is 3.46. The summed E-state index contributed by atoms with van der Waals surface area (Å²) in [6.07, 6.45) is 5.91. The number of hydrogen-bond acceptors (Lipinski definition) is 3. The minimum Gasteiger partial charge on any atom is -0.376 e. The first-order valence-electron chi connectivity index (χ1n) is 6.71. The topological polar surface area (TPSA) is 58.2 Å². The van der Waals surface area contributed by atoms with Crippen molar-refractivity contribution in [1.29, 1.82) is 0 Å². The third-order valence-corrected chi connectivity index (χ3v) is 3.68. The smallest absolute Gasteiger partial charge is 0.267 e. The Bertz CT molecular complexity index is 393. The number of hydrogen-bond donors (Lipinski definition) is 2. The molecule has 1 saturated heterocycles. The van der Waals surface area contributed by atoms with Gasteiger partial charge in [0.25, 0.3) is 5.91 Å². The number of rotatable bonds is 1. The molecule has 2 atom stereocenters. The van der Waals surface area contributed by atoms with Gasteiger partial charge in [0.15, 0.2) is 5.78 Å². The third-order valence-electron chi connectivity index (χ3n) is 3.68. The highest BCUT2D eigenvalue weighted by Gasteiger charge is 2.33. The molecule has 0 bridgehead atoms. The molecule has 4 heteroatoms. The van der Waals surface area contributed by atoms with E-state index in [2.05, 4.69) is 10.6 Å². The predicted molar refractivity (Wildman–Crippen MR) is 69.9 cm³/mol. The van der Waals surface area contributed by atoms with Crippen molar-refractivity contribution in [3.8, 4) is 0 Å². The minimum absolute atomic E-state index is 0.0191. The Morgan fingerprint density at radius 2 is 1.72 bits per heavy atom. The Balaban J connectivity index is 2.12. The Morgan fingerprint density at radius 3 is 2.28 bits per heavy atom. The summed E-state index contributed by atoms with van der Waals surface area (Å²) >= 11 is 0. The highest BCUT2D eigenvalue weighted by molar-refractivity contribution is 6.03. The summed E-state index contributed by atoms with van der Waals surface area (Å²) in [7, 11) is 0. The van der Waals surface area contributed by atoms with Crippen molar-refractivity contribution in [2.24, 2.45) is 5.41 Å². The van der Waals surface area contributed by atoms with Crippen molar-refractivity contribution in [1.82, 2.24) is 10.6 Å². The number of amides is 1. The summed E-state index contributed by atoms with van der Waals surface area (Å²) < 4.78 is 0. The van der Waals surface area contributed by atoms with Crippen molar-refractivity contribution < 1.29 is 9.59 Å². The zero-order chi connectivity index (χ0) is 13.3. The molecule has 100 valence electrons. The maximum atomic E-state index is 11.9. The van der Waals surface area contributed by atoms with E-state index >= 15 is 0 Å². The molecule has 0 aromatic heterocycles. The lowest BCUT2D eigenvalue weighted by Crippen LogP contribution is -2.58. The van der Waals surface area contributed by atoms with Gasteiger partial charge >= 0.3 is 0 Å². The fraction of sp³-hybridized carbons (Fsp3) is 0.714. The van der Waals surface area contributed by atoms with Crippen LogP contribution in [0.15, 0.2) is 11.8 Å². The van der Waals surface area contributed by atoms with E-state index in [-0.39, 0.29) is 23.8 Å². The van der Waals surface area contributed by atoms with Gasteiger partial charge < -0.3 is 10.6 Å². The summed E-state index contributed by atoms with van der Waals surface area (Å²) in [4.78, 5) is 23.9. The first-order chi connectivity index (χ1) is 8.38. The van der Waals surface area contributed by atoms with Gasteiger partial charge in [0.2, 0.25) is 0 Å². The van der Waals surface area contributed by atoms with Crippen LogP contribution in [0.3, 0.4) is 0 Å². The SMILES string of the molecule is CC(C)(C)C(=O)/C=C1/N[C@@H]2CCCC[C@@H]2NC1=O. The second-order valence-corrected chi connectivity index (χ2v) is 6.29. The van der Waals surface area contributed by atoms with Crippen LogP contribution < -0.4 is 10.6 Å². The molecule has 1 aliphatic heterocycles. The fourth-order valence-corrected chi connectivity index (χ4v) is 2.44. The fourth-order valence-electron chi connectivity index (χ4n) is 2.44. The average Bonchev–Trinajstić information content (AvgIpc) is 2.28. The molecule has 1 saturated carbocycles. The number of fused-ring (bicyclic) bond motifs is 1. The van der Waals surface area contributed by atoms with Gasteiger partial charge in [0.05, 0.1) is 0 Å². The second kappa shape index (κ2) is 4.75. The van der Waals surface area contributed by atoms with Crippen molar-refractivity contribution in [3.05, 3.63) is 11.8 Å². The van der Waals surface area contributed by atoms with Crippen LogP contribution in [-0.2, 0) is 9.59 Å². The van der Waals surface area contributed by atoms with E-state index in [0.717, 1.165) is 12.8 Å². The van der Waals surface area contributed by atoms with Gasteiger partial charge in [-0.3, -0.25) is 9.59 Å². The third kappa shape index (κ3) is 2.74.